The first kappa shape index (κ1) is 18.7. The van der Waals surface area contributed by atoms with Gasteiger partial charge in [0.15, 0.2) is 0 Å². The smallest absolute Gasteiger partial charge is 0.267 e. The van der Waals surface area contributed by atoms with Gasteiger partial charge in [0.05, 0.1) is 17.3 Å². The number of aliphatic hydroxyl groups is 1. The molecular weight excluding hydrogens is 342 g/mol. The highest BCUT2D eigenvalue weighted by atomic mass is 16.5. The van der Waals surface area contributed by atoms with Crippen LogP contribution >= 0.6 is 0 Å². The van der Waals surface area contributed by atoms with Crippen LogP contribution in [0.3, 0.4) is 0 Å². The van der Waals surface area contributed by atoms with Gasteiger partial charge in [-0.1, -0.05) is 12.2 Å². The summed E-state index contributed by atoms with van der Waals surface area (Å²) in [5.41, 5.74) is 0.707. The molecule has 1 aromatic carbocycles. The maximum Gasteiger partial charge on any atom is 0.267 e. The molecule has 0 spiro atoms. The molecule has 0 saturated carbocycles. The molecule has 0 unspecified atom stereocenters. The number of fused-ring (bicyclic) bond motifs is 1. The molecule has 0 amide bonds. The summed E-state index contributed by atoms with van der Waals surface area (Å²) in [5.74, 6) is 0.557. The molecule has 1 aromatic heterocycles. The molecule has 6 nitrogen and oxygen atoms in total. The topological polar surface area (TPSA) is 80.2 Å². The number of aliphatic hydroxyl groups excluding tert-OH is 1. The second-order valence-electron chi connectivity index (χ2n) is 7.02. The Morgan fingerprint density at radius 2 is 2.07 bits per heavy atom. The van der Waals surface area contributed by atoms with Crippen molar-refractivity contribution in [1.29, 1.82) is 5.26 Å². The van der Waals surface area contributed by atoms with E-state index in [0.29, 0.717) is 16.9 Å². The Morgan fingerprint density at radius 3 is 2.70 bits per heavy atom. The van der Waals surface area contributed by atoms with Crippen LogP contribution in [0.2, 0.25) is 0 Å². The molecule has 2 heterocycles. The molecule has 1 aliphatic heterocycles. The van der Waals surface area contributed by atoms with E-state index in [2.05, 4.69) is 6.07 Å². The van der Waals surface area contributed by atoms with E-state index in [1.54, 1.807) is 42.9 Å². The number of ether oxygens (including phenoxy) is 1. The summed E-state index contributed by atoms with van der Waals surface area (Å²) in [6.45, 7) is 7.35. The number of hydrogen-bond acceptors (Lipinski definition) is 4. The number of benzene rings is 1. The van der Waals surface area contributed by atoms with Crippen LogP contribution in [-0.2, 0) is 0 Å². The van der Waals surface area contributed by atoms with Crippen molar-refractivity contribution in [2.45, 2.75) is 45.4 Å². The Hall–Kier alpha value is -3.04. The van der Waals surface area contributed by atoms with Crippen molar-refractivity contribution in [3.63, 3.8) is 0 Å². The fourth-order valence-electron chi connectivity index (χ4n) is 3.45. The predicted octanol–water partition coefficient (Wildman–Crippen LogP) is 3.08. The summed E-state index contributed by atoms with van der Waals surface area (Å²) in [6.07, 6.45) is 6.35. The van der Waals surface area contributed by atoms with Crippen molar-refractivity contribution in [3.05, 3.63) is 70.2 Å². The zero-order valence-corrected chi connectivity index (χ0v) is 15.9. The number of allylic oxidation sites excluding steroid dienone is 4. The molecule has 0 aliphatic carbocycles. The molecule has 3 rings (SSSR count). The Kier molecular flexibility index (Phi) is 4.81. The van der Waals surface area contributed by atoms with Gasteiger partial charge < -0.3 is 9.84 Å². The third-order valence-electron chi connectivity index (χ3n) is 4.82. The van der Waals surface area contributed by atoms with Gasteiger partial charge >= 0.3 is 0 Å². The van der Waals surface area contributed by atoms with Crippen molar-refractivity contribution in [2.24, 2.45) is 0 Å². The molecule has 0 saturated heterocycles. The quantitative estimate of drug-likeness (QED) is 0.848. The Morgan fingerprint density at radius 1 is 1.33 bits per heavy atom. The van der Waals surface area contributed by atoms with Crippen LogP contribution in [0.5, 0.6) is 5.75 Å². The van der Waals surface area contributed by atoms with Crippen molar-refractivity contribution >= 4 is 5.70 Å². The van der Waals surface area contributed by atoms with Crippen molar-refractivity contribution in [2.75, 3.05) is 0 Å². The third-order valence-corrected chi connectivity index (χ3v) is 4.82. The van der Waals surface area contributed by atoms with Crippen LogP contribution in [0.1, 0.15) is 44.9 Å². The van der Waals surface area contributed by atoms with Gasteiger partial charge in [-0.15, -0.1) is 0 Å². The van der Waals surface area contributed by atoms with Gasteiger partial charge in [-0.3, -0.25) is 9.48 Å². The number of hydrogen-bond donors (Lipinski definition) is 1. The minimum Gasteiger partial charge on any atom is -0.485 e. The van der Waals surface area contributed by atoms with Crippen LogP contribution in [0, 0.1) is 11.3 Å². The summed E-state index contributed by atoms with van der Waals surface area (Å²) in [7, 11) is 0. The van der Waals surface area contributed by atoms with E-state index in [1.807, 2.05) is 32.1 Å². The van der Waals surface area contributed by atoms with Crippen LogP contribution in [0.4, 0.5) is 0 Å². The minimum absolute atomic E-state index is 0.242. The first-order valence-electron chi connectivity index (χ1n) is 8.84. The van der Waals surface area contributed by atoms with E-state index >= 15 is 0 Å². The predicted molar refractivity (Wildman–Crippen MR) is 103 cm³/mol. The van der Waals surface area contributed by atoms with Crippen LogP contribution in [0.15, 0.2) is 53.5 Å². The lowest BCUT2D eigenvalue weighted by Crippen LogP contribution is -2.52. The molecular formula is C21H23N3O3. The number of rotatable bonds is 3. The summed E-state index contributed by atoms with van der Waals surface area (Å²) in [4.78, 5) is 12.8. The van der Waals surface area contributed by atoms with Crippen LogP contribution < -0.4 is 10.3 Å². The molecule has 1 aliphatic rings. The monoisotopic (exact) mass is 365 g/mol. The lowest BCUT2D eigenvalue weighted by atomic mass is 9.86. The SMILES string of the molecule is C/C=C\C(=C/C)n1ccc(=O)n1[C@@H]1c2cc(C#N)ccc2OC(C)(C)[C@H]1O. The van der Waals surface area contributed by atoms with Gasteiger partial charge in [0.25, 0.3) is 5.56 Å². The highest BCUT2D eigenvalue weighted by Crippen LogP contribution is 2.42. The van der Waals surface area contributed by atoms with Gasteiger partial charge in [0.2, 0.25) is 0 Å². The normalized spacial score (nSPS) is 21.6. The summed E-state index contributed by atoms with van der Waals surface area (Å²) in [5, 5.41) is 20.4. The molecule has 140 valence electrons. The molecule has 2 aromatic rings. The molecule has 27 heavy (non-hydrogen) atoms. The molecule has 1 N–H and O–H groups in total. The zero-order chi connectivity index (χ0) is 19.8. The second-order valence-corrected chi connectivity index (χ2v) is 7.02. The van der Waals surface area contributed by atoms with E-state index in [9.17, 15) is 15.2 Å². The van der Waals surface area contributed by atoms with Gasteiger partial charge in [0, 0.05) is 17.8 Å². The van der Waals surface area contributed by atoms with Gasteiger partial charge in [-0.25, -0.2) is 4.68 Å². The first-order valence-corrected chi connectivity index (χ1v) is 8.84. The van der Waals surface area contributed by atoms with E-state index < -0.39 is 17.7 Å². The van der Waals surface area contributed by atoms with Gasteiger partial charge in [-0.05, 0) is 52.0 Å². The fraction of sp³-hybridized carbons (Fsp3) is 0.333. The number of nitrogens with zero attached hydrogens (tertiary/aromatic N) is 3. The zero-order valence-electron chi connectivity index (χ0n) is 15.9. The van der Waals surface area contributed by atoms with E-state index in [-0.39, 0.29) is 5.56 Å². The number of nitriles is 1. The van der Waals surface area contributed by atoms with Gasteiger partial charge in [0.1, 0.15) is 23.5 Å². The maximum absolute atomic E-state index is 12.8. The molecule has 0 bridgehead atoms. The lowest BCUT2D eigenvalue weighted by Gasteiger charge is -2.42. The molecule has 0 fully saturated rings. The maximum atomic E-state index is 12.8. The Labute approximate surface area is 158 Å². The molecule has 6 heteroatoms. The number of aromatic nitrogens is 2. The molecule has 2 atom stereocenters. The van der Waals surface area contributed by atoms with E-state index in [4.69, 9.17) is 4.74 Å². The highest BCUT2D eigenvalue weighted by Gasteiger charge is 2.45. The lowest BCUT2D eigenvalue weighted by molar-refractivity contribution is -0.0673. The summed E-state index contributed by atoms with van der Waals surface area (Å²) in [6, 6.07) is 7.94. The van der Waals surface area contributed by atoms with Crippen molar-refractivity contribution in [3.8, 4) is 11.8 Å². The third kappa shape index (κ3) is 3.11. The van der Waals surface area contributed by atoms with E-state index in [1.165, 1.54) is 10.7 Å². The second kappa shape index (κ2) is 6.93. The van der Waals surface area contributed by atoms with Crippen LogP contribution in [-0.4, -0.2) is 26.2 Å². The highest BCUT2D eigenvalue weighted by molar-refractivity contribution is 5.56. The average Bonchev–Trinajstić information content (AvgIpc) is 3.01. The standard InChI is InChI=1S/C21H23N3O3/c1-5-7-15(6-2)23-11-10-18(25)24(23)19-16-12-14(13-22)8-9-17(16)27-21(3,4)20(19)26/h5-12,19-20,26H,1-4H3/b7-5-,15-6+/t19-,20+/m1/s1. The minimum atomic E-state index is -0.992. The largest absolute Gasteiger partial charge is 0.485 e. The van der Waals surface area contributed by atoms with Crippen LogP contribution in [0.25, 0.3) is 5.70 Å². The summed E-state index contributed by atoms with van der Waals surface area (Å²) < 4.78 is 9.20. The molecule has 0 radical (unpaired) electrons. The van der Waals surface area contributed by atoms with Gasteiger partial charge in [-0.2, -0.15) is 5.26 Å². The Bertz CT molecular complexity index is 1020. The summed E-state index contributed by atoms with van der Waals surface area (Å²) >= 11 is 0. The Balaban J connectivity index is 2.30. The average molecular weight is 365 g/mol. The van der Waals surface area contributed by atoms with Crippen molar-refractivity contribution in [1.82, 2.24) is 9.36 Å². The first-order chi connectivity index (χ1) is 12.8. The fourth-order valence-corrected chi connectivity index (χ4v) is 3.45. The van der Waals surface area contributed by atoms with E-state index in [0.717, 1.165) is 5.70 Å². The van der Waals surface area contributed by atoms with Crippen molar-refractivity contribution < 1.29 is 9.84 Å².